The van der Waals surface area contributed by atoms with E-state index in [2.05, 4.69) is 26.1 Å². The fourth-order valence-electron chi connectivity index (χ4n) is 7.88. The Balaban J connectivity index is 0.862. The van der Waals surface area contributed by atoms with Crippen molar-refractivity contribution in [2.75, 3.05) is 26.8 Å². The lowest BCUT2D eigenvalue weighted by Gasteiger charge is -2.31. The Morgan fingerprint density at radius 1 is 0.919 bits per heavy atom. The number of unbranched alkanes of at least 4 members (excludes halogenated alkanes) is 5. The third-order valence-corrected chi connectivity index (χ3v) is 12.3. The van der Waals surface area contributed by atoms with Crippen molar-refractivity contribution in [2.24, 2.45) is 4.99 Å². The van der Waals surface area contributed by atoms with Crippen LogP contribution >= 0.6 is 22.9 Å². The molecule has 1 fully saturated rings. The average Bonchev–Trinajstić information content (AvgIpc) is 3.86. The van der Waals surface area contributed by atoms with Crippen molar-refractivity contribution in [3.8, 4) is 10.8 Å². The molecule has 0 aliphatic carbocycles. The monoisotopic (exact) mass is 886 g/mol. The van der Waals surface area contributed by atoms with Crippen LogP contribution in [0.4, 0.5) is 0 Å². The fraction of sp³-hybridized carbons (Fsp3) is 0.419. The number of methoxy groups -OCH3 is 1. The first kappa shape index (κ1) is 44.1. The number of aliphatic hydroxyl groups excluding tert-OH is 1. The second-order valence-electron chi connectivity index (χ2n) is 15.2. The van der Waals surface area contributed by atoms with Crippen molar-refractivity contribution in [1.82, 2.24) is 35.6 Å². The average molecular weight is 887 g/mol. The van der Waals surface area contributed by atoms with Crippen LogP contribution in [-0.4, -0.2) is 105 Å². The first-order valence-corrected chi connectivity index (χ1v) is 21.7. The molecular formula is C43H47ClN8O9S. The number of ether oxygens (including phenoxy) is 2. The van der Waals surface area contributed by atoms with Gasteiger partial charge in [0, 0.05) is 34.1 Å². The van der Waals surface area contributed by atoms with Crippen molar-refractivity contribution >= 4 is 64.2 Å². The number of nitrogens with zero attached hydrogens (tertiary/aromatic N) is 5. The highest BCUT2D eigenvalue weighted by Gasteiger charge is 2.46. The minimum atomic E-state index is -1.04. The number of nitrogens with one attached hydrogen (secondary N) is 3. The molecular weight excluding hydrogens is 840 g/mol. The maximum absolute atomic E-state index is 14.0. The molecule has 3 aliphatic rings. The Labute approximate surface area is 366 Å². The number of rotatable bonds is 17. The number of benzene rings is 2. The number of hydrogen-bond acceptors (Lipinski definition) is 13. The summed E-state index contributed by atoms with van der Waals surface area (Å²) in [5.41, 5.74) is 2.51. The van der Waals surface area contributed by atoms with Crippen molar-refractivity contribution in [3.63, 3.8) is 0 Å². The maximum atomic E-state index is 14.0. The lowest BCUT2D eigenvalue weighted by Crippen LogP contribution is -2.55. The highest BCUT2D eigenvalue weighted by atomic mass is 35.5. The van der Waals surface area contributed by atoms with Gasteiger partial charge in [0.05, 0.1) is 35.9 Å². The molecule has 1 saturated heterocycles. The summed E-state index contributed by atoms with van der Waals surface area (Å²) in [6, 6.07) is 9.97. The van der Waals surface area contributed by atoms with Crippen molar-refractivity contribution in [2.45, 2.75) is 89.9 Å². The molecule has 7 rings (SSSR count). The number of aromatic nitrogens is 3. The van der Waals surface area contributed by atoms with E-state index >= 15 is 0 Å². The molecule has 4 N–H and O–H groups in total. The van der Waals surface area contributed by atoms with E-state index in [-0.39, 0.29) is 54.6 Å². The van der Waals surface area contributed by atoms with Gasteiger partial charge in [-0.2, -0.15) is 0 Å². The molecule has 2 aromatic heterocycles. The molecule has 5 heterocycles. The number of hydrogen-bond donors (Lipinski definition) is 4. The lowest BCUT2D eigenvalue weighted by molar-refractivity contribution is -0.141. The normalized spacial score (nSPS) is 18.0. The van der Waals surface area contributed by atoms with Gasteiger partial charge in [0.2, 0.25) is 5.91 Å². The van der Waals surface area contributed by atoms with E-state index in [1.54, 1.807) is 18.2 Å². The highest BCUT2D eigenvalue weighted by Crippen LogP contribution is 2.40. The molecule has 19 heteroatoms. The van der Waals surface area contributed by atoms with Crippen molar-refractivity contribution < 1.29 is 43.3 Å². The topological polar surface area (TPSA) is 224 Å². The van der Waals surface area contributed by atoms with Gasteiger partial charge in [0.1, 0.15) is 34.9 Å². The number of esters is 1. The van der Waals surface area contributed by atoms with E-state index < -0.39 is 42.0 Å². The molecule has 326 valence electrons. The van der Waals surface area contributed by atoms with E-state index in [0.717, 1.165) is 58.9 Å². The molecule has 0 spiro atoms. The van der Waals surface area contributed by atoms with Crippen LogP contribution in [0.25, 0.3) is 5.00 Å². The van der Waals surface area contributed by atoms with Crippen LogP contribution in [0.3, 0.4) is 0 Å². The van der Waals surface area contributed by atoms with Crippen LogP contribution in [0, 0.1) is 13.8 Å². The maximum Gasteiger partial charge on any atom is 0.308 e. The molecule has 62 heavy (non-hydrogen) atoms. The minimum Gasteiger partial charge on any atom is -0.483 e. The predicted molar refractivity (Wildman–Crippen MR) is 228 cm³/mol. The molecule has 0 saturated carbocycles. The molecule has 3 atom stereocenters. The van der Waals surface area contributed by atoms with Crippen LogP contribution in [-0.2, 0) is 19.1 Å². The second-order valence-corrected chi connectivity index (χ2v) is 16.9. The van der Waals surface area contributed by atoms with Crippen molar-refractivity contribution in [3.05, 3.63) is 91.8 Å². The molecule has 4 aromatic rings. The van der Waals surface area contributed by atoms with Gasteiger partial charge in [-0.05, 0) is 63.8 Å². The Bertz CT molecular complexity index is 2430. The number of aryl methyl sites for hydroxylation is 2. The standard InChI is InChI=1S/C43H47ClN8O9S/c1-23-34(36-37(25-13-15-26(44)16-14-25)47-28(21-33(55)60-3)38-50-49-24(2)51(38)43(36)62-23)40(57)46-20-9-7-5-4-6-8-19-45-32(54)22-61-30-12-10-11-27-35(30)42(59)52(41(27)58)29-17-18-31(53)48-39(29)56/h10-16,28-29,31,53H,4-9,17-22H2,1-3H3,(H,45,54)(H,46,57)(H,48,56)/t28-,29?,31?/m0/s1. The summed E-state index contributed by atoms with van der Waals surface area (Å²) in [5, 5.41) is 28.0. The second kappa shape index (κ2) is 19.4. The summed E-state index contributed by atoms with van der Waals surface area (Å²) >= 11 is 7.68. The predicted octanol–water partition coefficient (Wildman–Crippen LogP) is 4.51. The molecule has 17 nitrogen and oxygen atoms in total. The molecule has 3 aliphatic heterocycles. The zero-order valence-electron chi connectivity index (χ0n) is 34.5. The van der Waals surface area contributed by atoms with Crippen molar-refractivity contribution in [1.29, 1.82) is 0 Å². The van der Waals surface area contributed by atoms with Crippen LogP contribution in [0.5, 0.6) is 5.75 Å². The molecule has 0 bridgehead atoms. The van der Waals surface area contributed by atoms with E-state index in [1.165, 1.54) is 30.6 Å². The van der Waals surface area contributed by atoms with Crippen LogP contribution in [0.2, 0.25) is 5.02 Å². The van der Waals surface area contributed by atoms with Gasteiger partial charge in [-0.1, -0.05) is 55.5 Å². The molecule has 5 amide bonds. The number of imide groups is 1. The number of thiophene rings is 1. The lowest BCUT2D eigenvalue weighted by atomic mass is 9.98. The summed E-state index contributed by atoms with van der Waals surface area (Å²) in [5.74, 6) is -1.81. The summed E-state index contributed by atoms with van der Waals surface area (Å²) in [7, 11) is 1.32. The van der Waals surface area contributed by atoms with E-state index in [1.807, 2.05) is 30.5 Å². The Hall–Kier alpha value is -5.98. The van der Waals surface area contributed by atoms with E-state index in [9.17, 15) is 33.9 Å². The van der Waals surface area contributed by atoms with Crippen LogP contribution < -0.4 is 20.7 Å². The Morgan fingerprint density at radius 2 is 1.63 bits per heavy atom. The highest BCUT2D eigenvalue weighted by molar-refractivity contribution is 7.15. The third-order valence-electron chi connectivity index (χ3n) is 11.0. The van der Waals surface area contributed by atoms with E-state index in [0.29, 0.717) is 46.6 Å². The van der Waals surface area contributed by atoms with Gasteiger partial charge >= 0.3 is 5.97 Å². The summed E-state index contributed by atoms with van der Waals surface area (Å²) in [6.45, 7) is 4.26. The first-order valence-electron chi connectivity index (χ1n) is 20.5. The zero-order chi connectivity index (χ0) is 44.1. The van der Waals surface area contributed by atoms with Gasteiger partial charge < -0.3 is 30.5 Å². The summed E-state index contributed by atoms with van der Waals surface area (Å²) in [4.78, 5) is 84.6. The number of aliphatic hydroxyl groups is 1. The Morgan fingerprint density at radius 3 is 2.34 bits per heavy atom. The molecule has 2 aromatic carbocycles. The van der Waals surface area contributed by atoms with Gasteiger partial charge in [-0.3, -0.25) is 43.2 Å². The smallest absolute Gasteiger partial charge is 0.308 e. The first-order chi connectivity index (χ1) is 29.9. The number of halogens is 1. The van der Waals surface area contributed by atoms with E-state index in [4.69, 9.17) is 26.1 Å². The van der Waals surface area contributed by atoms with Gasteiger partial charge in [-0.25, -0.2) is 0 Å². The molecule has 2 unspecified atom stereocenters. The number of carbonyl (C=O) groups excluding carboxylic acids is 6. The number of carbonyl (C=O) groups is 6. The fourth-order valence-corrected chi connectivity index (χ4v) is 9.21. The number of aliphatic imine (C=N–C) groups is 1. The minimum absolute atomic E-state index is 0.00533. The van der Waals surface area contributed by atoms with Crippen LogP contribution in [0.1, 0.15) is 123 Å². The van der Waals surface area contributed by atoms with Gasteiger partial charge in [0.25, 0.3) is 23.6 Å². The summed E-state index contributed by atoms with van der Waals surface area (Å²) in [6.07, 6.45) is 4.41. The van der Waals surface area contributed by atoms with Gasteiger partial charge in [0.15, 0.2) is 12.4 Å². The zero-order valence-corrected chi connectivity index (χ0v) is 36.1. The summed E-state index contributed by atoms with van der Waals surface area (Å²) < 4.78 is 12.5. The number of fused-ring (bicyclic) bond motifs is 4. The number of amides is 5. The van der Waals surface area contributed by atoms with Gasteiger partial charge in [-0.15, -0.1) is 21.5 Å². The number of piperidine rings is 1. The quantitative estimate of drug-likeness (QED) is 0.0656. The Kier molecular flexibility index (Phi) is 13.8. The molecule has 0 radical (unpaired) electrons. The largest absolute Gasteiger partial charge is 0.483 e. The SMILES string of the molecule is COC(=O)C[C@@H]1N=C(c2ccc(Cl)cc2)c2c(sc(C)c2C(=O)NCCCCCCCCNC(=O)COc2cccc3c2C(=O)N(C2CCC(O)NC2=O)C3=O)-n2c(C)nnc21. The van der Waals surface area contributed by atoms with Crippen LogP contribution in [0.15, 0.2) is 47.5 Å². The third kappa shape index (κ3) is 9.27.